The third-order valence-corrected chi connectivity index (χ3v) is 3.15. The lowest BCUT2D eigenvalue weighted by Gasteiger charge is -2.38. The van der Waals surface area contributed by atoms with Crippen molar-refractivity contribution in [3.05, 3.63) is 29.6 Å². The van der Waals surface area contributed by atoms with Crippen molar-refractivity contribution in [1.82, 2.24) is 4.98 Å². The summed E-state index contributed by atoms with van der Waals surface area (Å²) in [4.78, 5) is 15.2. The number of aliphatic hydroxyl groups excluding tert-OH is 1. The van der Waals surface area contributed by atoms with Crippen LogP contribution in [0.3, 0.4) is 0 Å². The van der Waals surface area contributed by atoms with E-state index in [9.17, 15) is 9.90 Å². The SMILES string of the molecule is O=C(O)C1(c2ccnc(CO)c2)CCC1. The molecule has 2 rings (SSSR count). The van der Waals surface area contributed by atoms with Gasteiger partial charge in [0.05, 0.1) is 17.7 Å². The number of rotatable bonds is 3. The second-order valence-corrected chi connectivity index (χ2v) is 3.93. The van der Waals surface area contributed by atoms with Gasteiger partial charge in [0.2, 0.25) is 0 Å². The third-order valence-electron chi connectivity index (χ3n) is 3.15. The molecule has 0 bridgehead atoms. The van der Waals surface area contributed by atoms with E-state index in [1.54, 1.807) is 18.3 Å². The Kier molecular flexibility index (Phi) is 2.44. The smallest absolute Gasteiger partial charge is 0.314 e. The Morgan fingerprint density at radius 2 is 2.27 bits per heavy atom. The fraction of sp³-hybridized carbons (Fsp3) is 0.455. The van der Waals surface area contributed by atoms with E-state index in [4.69, 9.17) is 5.11 Å². The largest absolute Gasteiger partial charge is 0.481 e. The number of pyridine rings is 1. The average Bonchev–Trinajstić information content (AvgIpc) is 2.16. The highest BCUT2D eigenvalue weighted by Gasteiger charge is 2.45. The molecule has 0 saturated heterocycles. The van der Waals surface area contributed by atoms with Crippen LogP contribution in [0.5, 0.6) is 0 Å². The lowest BCUT2D eigenvalue weighted by molar-refractivity contribution is -0.147. The molecule has 0 aromatic carbocycles. The average molecular weight is 207 g/mol. The molecule has 0 atom stereocenters. The number of carbonyl (C=O) groups is 1. The van der Waals surface area contributed by atoms with Crippen molar-refractivity contribution < 1.29 is 15.0 Å². The highest BCUT2D eigenvalue weighted by molar-refractivity contribution is 5.82. The Labute approximate surface area is 87.6 Å². The molecule has 1 aromatic heterocycles. The normalized spacial score (nSPS) is 18.2. The molecular weight excluding hydrogens is 194 g/mol. The van der Waals surface area contributed by atoms with Crippen LogP contribution in [-0.4, -0.2) is 21.2 Å². The predicted molar refractivity (Wildman–Crippen MR) is 53.3 cm³/mol. The van der Waals surface area contributed by atoms with E-state index in [1.807, 2.05) is 0 Å². The van der Waals surface area contributed by atoms with Crippen molar-refractivity contribution in [3.8, 4) is 0 Å². The van der Waals surface area contributed by atoms with Gasteiger partial charge < -0.3 is 10.2 Å². The maximum Gasteiger partial charge on any atom is 0.314 e. The number of nitrogens with zero attached hydrogens (tertiary/aromatic N) is 1. The summed E-state index contributed by atoms with van der Waals surface area (Å²) in [6.45, 7) is -0.149. The summed E-state index contributed by atoms with van der Waals surface area (Å²) in [7, 11) is 0. The van der Waals surface area contributed by atoms with Crippen LogP contribution in [-0.2, 0) is 16.8 Å². The first-order valence-corrected chi connectivity index (χ1v) is 4.99. The monoisotopic (exact) mass is 207 g/mol. The van der Waals surface area contributed by atoms with Crippen molar-refractivity contribution in [2.24, 2.45) is 0 Å². The Balaban J connectivity index is 2.38. The summed E-state index contributed by atoms with van der Waals surface area (Å²) in [5, 5.41) is 18.2. The lowest BCUT2D eigenvalue weighted by atomic mass is 9.64. The summed E-state index contributed by atoms with van der Waals surface area (Å²) in [6, 6.07) is 3.42. The van der Waals surface area contributed by atoms with Gasteiger partial charge >= 0.3 is 5.97 Å². The zero-order valence-corrected chi connectivity index (χ0v) is 8.31. The number of hydrogen-bond acceptors (Lipinski definition) is 3. The van der Waals surface area contributed by atoms with Gasteiger partial charge in [-0.2, -0.15) is 0 Å². The first kappa shape index (κ1) is 10.1. The Bertz CT molecular complexity index is 385. The van der Waals surface area contributed by atoms with E-state index in [0.29, 0.717) is 18.5 Å². The van der Waals surface area contributed by atoms with Crippen LogP contribution in [0.15, 0.2) is 18.3 Å². The third kappa shape index (κ3) is 1.51. The highest BCUT2D eigenvalue weighted by Crippen LogP contribution is 2.43. The molecule has 0 unspecified atom stereocenters. The highest BCUT2D eigenvalue weighted by atomic mass is 16.4. The van der Waals surface area contributed by atoms with Crippen LogP contribution in [0.25, 0.3) is 0 Å². The van der Waals surface area contributed by atoms with Gasteiger partial charge in [0.25, 0.3) is 0 Å². The van der Waals surface area contributed by atoms with Crippen LogP contribution in [0.2, 0.25) is 0 Å². The second kappa shape index (κ2) is 3.62. The summed E-state index contributed by atoms with van der Waals surface area (Å²) >= 11 is 0. The number of carboxylic acid groups (broad SMARTS) is 1. The van der Waals surface area contributed by atoms with Crippen molar-refractivity contribution in [2.45, 2.75) is 31.3 Å². The van der Waals surface area contributed by atoms with Gasteiger partial charge in [-0.1, -0.05) is 6.42 Å². The molecule has 1 fully saturated rings. The Morgan fingerprint density at radius 3 is 2.73 bits per heavy atom. The number of aliphatic carboxylic acids is 1. The molecule has 15 heavy (non-hydrogen) atoms. The van der Waals surface area contributed by atoms with E-state index in [-0.39, 0.29) is 6.61 Å². The molecule has 2 N–H and O–H groups in total. The van der Waals surface area contributed by atoms with Gasteiger partial charge in [0.1, 0.15) is 0 Å². The quantitative estimate of drug-likeness (QED) is 0.778. The second-order valence-electron chi connectivity index (χ2n) is 3.93. The van der Waals surface area contributed by atoms with Crippen LogP contribution < -0.4 is 0 Å². The van der Waals surface area contributed by atoms with Crippen LogP contribution >= 0.6 is 0 Å². The van der Waals surface area contributed by atoms with Crippen LogP contribution in [0, 0.1) is 0 Å². The molecule has 0 aliphatic heterocycles. The van der Waals surface area contributed by atoms with Crippen molar-refractivity contribution in [2.75, 3.05) is 0 Å². The summed E-state index contributed by atoms with van der Waals surface area (Å²) in [6.07, 6.45) is 3.86. The van der Waals surface area contributed by atoms with Crippen LogP contribution in [0.1, 0.15) is 30.5 Å². The molecule has 1 saturated carbocycles. The van der Waals surface area contributed by atoms with E-state index < -0.39 is 11.4 Å². The number of carboxylic acids is 1. The minimum Gasteiger partial charge on any atom is -0.481 e. The Morgan fingerprint density at radius 1 is 1.53 bits per heavy atom. The Hall–Kier alpha value is -1.42. The van der Waals surface area contributed by atoms with E-state index in [2.05, 4.69) is 4.98 Å². The summed E-state index contributed by atoms with van der Waals surface area (Å²) in [5.41, 5.74) is 0.563. The minimum absolute atomic E-state index is 0.149. The number of hydrogen-bond donors (Lipinski definition) is 2. The predicted octanol–water partition coefficient (Wildman–Crippen LogP) is 1.08. The van der Waals surface area contributed by atoms with Gasteiger partial charge in [-0.15, -0.1) is 0 Å². The van der Waals surface area contributed by atoms with E-state index in [1.165, 1.54) is 0 Å². The first-order chi connectivity index (χ1) is 7.19. The topological polar surface area (TPSA) is 70.4 Å². The molecule has 80 valence electrons. The van der Waals surface area contributed by atoms with E-state index >= 15 is 0 Å². The van der Waals surface area contributed by atoms with Crippen molar-refractivity contribution in [1.29, 1.82) is 0 Å². The zero-order valence-electron chi connectivity index (χ0n) is 8.31. The molecule has 0 spiro atoms. The maximum absolute atomic E-state index is 11.2. The van der Waals surface area contributed by atoms with E-state index in [0.717, 1.165) is 12.0 Å². The molecule has 4 nitrogen and oxygen atoms in total. The van der Waals surface area contributed by atoms with Gasteiger partial charge in [-0.3, -0.25) is 9.78 Å². The molecule has 1 aromatic rings. The number of aromatic nitrogens is 1. The molecule has 1 aliphatic carbocycles. The fourth-order valence-electron chi connectivity index (χ4n) is 2.02. The molecule has 1 aliphatic rings. The summed E-state index contributed by atoms with van der Waals surface area (Å²) < 4.78 is 0. The minimum atomic E-state index is -0.774. The van der Waals surface area contributed by atoms with Crippen LogP contribution in [0.4, 0.5) is 0 Å². The standard InChI is InChI=1S/C11H13NO3/c13-7-9-6-8(2-5-12-9)11(10(14)15)3-1-4-11/h2,5-6,13H,1,3-4,7H2,(H,14,15). The number of aliphatic hydroxyl groups is 1. The molecule has 4 heteroatoms. The maximum atomic E-state index is 11.2. The molecule has 1 heterocycles. The zero-order chi connectivity index (χ0) is 10.9. The lowest BCUT2D eigenvalue weighted by Crippen LogP contribution is -2.42. The van der Waals surface area contributed by atoms with Gasteiger partial charge in [0.15, 0.2) is 0 Å². The van der Waals surface area contributed by atoms with Gasteiger partial charge in [-0.05, 0) is 30.5 Å². The van der Waals surface area contributed by atoms with Crippen molar-refractivity contribution in [3.63, 3.8) is 0 Å². The molecule has 0 radical (unpaired) electrons. The molecular formula is C11H13NO3. The van der Waals surface area contributed by atoms with Gasteiger partial charge in [0, 0.05) is 6.20 Å². The van der Waals surface area contributed by atoms with Gasteiger partial charge in [-0.25, -0.2) is 0 Å². The van der Waals surface area contributed by atoms with Crippen molar-refractivity contribution >= 4 is 5.97 Å². The summed E-state index contributed by atoms with van der Waals surface area (Å²) in [5.74, 6) is -0.774. The molecule has 0 amide bonds. The first-order valence-electron chi connectivity index (χ1n) is 4.99. The fourth-order valence-corrected chi connectivity index (χ4v) is 2.02.